The molecule has 0 N–H and O–H groups in total. The van der Waals surface area contributed by atoms with Crippen LogP contribution >= 0.6 is 0 Å². The first-order valence-corrected chi connectivity index (χ1v) is 19.5. The van der Waals surface area contributed by atoms with E-state index in [-0.39, 0.29) is 0 Å². The lowest BCUT2D eigenvalue weighted by atomic mass is 9.97. The summed E-state index contributed by atoms with van der Waals surface area (Å²) in [5.41, 5.74) is 16.0. The first-order chi connectivity index (χ1) is 28.7. The van der Waals surface area contributed by atoms with Crippen LogP contribution in [0.4, 0.5) is 0 Å². The molecule has 0 amide bonds. The summed E-state index contributed by atoms with van der Waals surface area (Å²) in [6.07, 6.45) is 0. The van der Waals surface area contributed by atoms with E-state index in [0.29, 0.717) is 0 Å². The molecule has 13 rings (SSSR count). The second-order valence-electron chi connectivity index (χ2n) is 15.3. The molecule has 4 heterocycles. The maximum Gasteiger partial charge on any atom is 0.139 e. The van der Waals surface area contributed by atoms with Crippen LogP contribution in [0.3, 0.4) is 0 Å². The van der Waals surface area contributed by atoms with Crippen LogP contribution in [0, 0.1) is 0 Å². The normalized spacial score (nSPS) is 12.1. The van der Waals surface area contributed by atoms with Gasteiger partial charge in [-0.15, -0.1) is 0 Å². The van der Waals surface area contributed by atoms with E-state index in [1.165, 1.54) is 11.1 Å². The van der Waals surface area contributed by atoms with Crippen molar-refractivity contribution in [3.05, 3.63) is 182 Å². The summed E-state index contributed by atoms with van der Waals surface area (Å²) in [6, 6.07) is 63.9. The Hall–Kier alpha value is -7.82. The molecule has 0 aliphatic carbocycles. The highest BCUT2D eigenvalue weighted by Crippen LogP contribution is 2.42. The zero-order valence-electron chi connectivity index (χ0n) is 31.0. The monoisotopic (exact) mass is 742 g/mol. The zero-order chi connectivity index (χ0) is 37.9. The third-order valence-electron chi connectivity index (χ3n) is 11.9. The third kappa shape index (κ3) is 4.76. The Morgan fingerprint density at radius 1 is 0.172 bits per heavy atom. The van der Waals surface area contributed by atoms with E-state index in [9.17, 15) is 0 Å². The third-order valence-corrected chi connectivity index (χ3v) is 11.9. The van der Waals surface area contributed by atoms with E-state index >= 15 is 0 Å². The molecule has 0 atom stereocenters. The van der Waals surface area contributed by atoms with Crippen molar-refractivity contribution >= 4 is 87.8 Å². The van der Waals surface area contributed by atoms with Crippen molar-refractivity contribution in [2.24, 2.45) is 0 Å². The number of hydrogen-bond donors (Lipinski definition) is 0. The fraction of sp³-hybridized carbons (Fsp3) is 0. The Balaban J connectivity index is 0.885. The molecule has 0 saturated carbocycles. The Morgan fingerprint density at radius 3 is 0.862 bits per heavy atom. The fourth-order valence-corrected chi connectivity index (χ4v) is 8.95. The van der Waals surface area contributed by atoms with Crippen molar-refractivity contribution in [2.45, 2.75) is 0 Å². The molecule has 0 aliphatic heterocycles. The van der Waals surface area contributed by atoms with Crippen LogP contribution in [0.1, 0.15) is 0 Å². The summed E-state index contributed by atoms with van der Waals surface area (Å²) in [5.74, 6) is 0. The van der Waals surface area contributed by atoms with Gasteiger partial charge in [-0.3, -0.25) is 0 Å². The van der Waals surface area contributed by atoms with Crippen molar-refractivity contribution in [3.8, 4) is 44.5 Å². The van der Waals surface area contributed by atoms with Gasteiger partial charge in [0.1, 0.15) is 44.7 Å². The van der Waals surface area contributed by atoms with Gasteiger partial charge in [0.05, 0.1) is 0 Å². The molecular weight excluding hydrogens is 713 g/mol. The predicted molar refractivity (Wildman–Crippen MR) is 237 cm³/mol. The lowest BCUT2D eigenvalue weighted by Crippen LogP contribution is -1.82. The van der Waals surface area contributed by atoms with Crippen LogP contribution < -0.4 is 0 Å². The minimum Gasteiger partial charge on any atom is -0.456 e. The highest BCUT2D eigenvalue weighted by atomic mass is 16.3. The number of furan rings is 4. The molecule has 9 aromatic carbocycles. The molecule has 0 radical (unpaired) electrons. The second kappa shape index (κ2) is 11.8. The van der Waals surface area contributed by atoms with Crippen LogP contribution in [0.2, 0.25) is 0 Å². The van der Waals surface area contributed by atoms with E-state index in [4.69, 9.17) is 17.7 Å². The van der Waals surface area contributed by atoms with Gasteiger partial charge in [-0.25, -0.2) is 0 Å². The molecule has 0 spiro atoms. The van der Waals surface area contributed by atoms with Crippen LogP contribution in [0.25, 0.3) is 132 Å². The predicted octanol–water partition coefficient (Wildman–Crippen LogP) is 16.0. The molecule has 0 saturated heterocycles. The van der Waals surface area contributed by atoms with Gasteiger partial charge in [0.2, 0.25) is 0 Å². The van der Waals surface area contributed by atoms with Gasteiger partial charge in [0.25, 0.3) is 0 Å². The number of fused-ring (bicyclic) bond motifs is 12. The Morgan fingerprint density at radius 2 is 0.466 bits per heavy atom. The van der Waals surface area contributed by atoms with Gasteiger partial charge < -0.3 is 17.7 Å². The van der Waals surface area contributed by atoms with Gasteiger partial charge in [-0.05, 0) is 117 Å². The van der Waals surface area contributed by atoms with Gasteiger partial charge in [0, 0.05) is 49.2 Å². The average Bonchev–Trinajstić information content (AvgIpc) is 4.04. The van der Waals surface area contributed by atoms with E-state index in [1.54, 1.807) is 0 Å². The van der Waals surface area contributed by atoms with Gasteiger partial charge in [0.15, 0.2) is 0 Å². The molecule has 13 aromatic rings. The molecule has 4 nitrogen and oxygen atoms in total. The van der Waals surface area contributed by atoms with Gasteiger partial charge >= 0.3 is 0 Å². The molecule has 4 aromatic heterocycles. The summed E-state index contributed by atoms with van der Waals surface area (Å²) in [5, 5.41) is 8.55. The van der Waals surface area contributed by atoms with E-state index in [1.807, 2.05) is 18.2 Å². The van der Waals surface area contributed by atoms with Crippen LogP contribution in [0.15, 0.2) is 200 Å². The van der Waals surface area contributed by atoms with Gasteiger partial charge in [-0.1, -0.05) is 103 Å². The quantitative estimate of drug-likeness (QED) is 0.180. The molecule has 58 heavy (non-hydrogen) atoms. The summed E-state index contributed by atoms with van der Waals surface area (Å²) in [6.45, 7) is 0. The molecular formula is C54H30O4. The SMILES string of the molecule is c1ccc(-c2ccc3oc4cc5c(cc4c3c2)oc2ccc(-c3cccc(-c4ccc6oc7cc8oc9ccc(-c%10ccccc%10)cc9c8cc7c6c4)c3)cc25)cc1. The first-order valence-electron chi connectivity index (χ1n) is 19.5. The molecule has 0 fully saturated rings. The van der Waals surface area contributed by atoms with Crippen LogP contribution in [0.5, 0.6) is 0 Å². The van der Waals surface area contributed by atoms with Crippen LogP contribution in [-0.4, -0.2) is 0 Å². The van der Waals surface area contributed by atoms with Crippen molar-refractivity contribution in [1.82, 2.24) is 0 Å². The maximum atomic E-state index is 6.46. The molecule has 270 valence electrons. The smallest absolute Gasteiger partial charge is 0.139 e. The molecule has 4 heteroatoms. The topological polar surface area (TPSA) is 52.6 Å². The minimum absolute atomic E-state index is 0.813. The lowest BCUT2D eigenvalue weighted by Gasteiger charge is -2.07. The summed E-state index contributed by atoms with van der Waals surface area (Å²) >= 11 is 0. The number of rotatable bonds is 4. The maximum absolute atomic E-state index is 6.46. The Kier molecular flexibility index (Phi) is 6.41. The standard InChI is InChI=1S/C54H30O4/c1-3-8-31(9-4-1)35-14-18-47-39(23-35)43-27-44-40-25-37(16-20-48(40)58-54(44)30-53(43)57-47)33-12-7-13-34(22-33)38-17-21-50-42(26-38)46-29-51-45(28-52(46)56-50)41-24-36(15-19-49(41)55-51)32-10-5-2-6-11-32/h1-30H. The summed E-state index contributed by atoms with van der Waals surface area (Å²) < 4.78 is 25.6. The van der Waals surface area contributed by atoms with Crippen molar-refractivity contribution in [1.29, 1.82) is 0 Å². The fourth-order valence-electron chi connectivity index (χ4n) is 8.95. The van der Waals surface area contributed by atoms with Crippen molar-refractivity contribution < 1.29 is 17.7 Å². The Bertz CT molecular complexity index is 3780. The molecule has 0 unspecified atom stereocenters. The highest BCUT2D eigenvalue weighted by molar-refractivity contribution is 6.17. The van der Waals surface area contributed by atoms with Gasteiger partial charge in [-0.2, -0.15) is 0 Å². The van der Waals surface area contributed by atoms with Crippen molar-refractivity contribution in [3.63, 3.8) is 0 Å². The zero-order valence-corrected chi connectivity index (χ0v) is 31.0. The largest absolute Gasteiger partial charge is 0.456 e. The average molecular weight is 743 g/mol. The summed E-state index contributed by atoms with van der Waals surface area (Å²) in [7, 11) is 0. The number of hydrogen-bond acceptors (Lipinski definition) is 4. The molecule has 0 bridgehead atoms. The second-order valence-corrected chi connectivity index (χ2v) is 15.3. The van der Waals surface area contributed by atoms with E-state index < -0.39 is 0 Å². The van der Waals surface area contributed by atoms with E-state index in [0.717, 1.165) is 121 Å². The van der Waals surface area contributed by atoms with E-state index in [2.05, 4.69) is 164 Å². The lowest BCUT2D eigenvalue weighted by molar-refractivity contribution is 0.656. The van der Waals surface area contributed by atoms with Crippen LogP contribution in [-0.2, 0) is 0 Å². The first kappa shape index (κ1) is 31.4. The Labute approximate surface area is 330 Å². The summed E-state index contributed by atoms with van der Waals surface area (Å²) in [4.78, 5) is 0. The number of benzene rings is 9. The minimum atomic E-state index is 0.813. The van der Waals surface area contributed by atoms with Crippen molar-refractivity contribution in [2.75, 3.05) is 0 Å². The highest BCUT2D eigenvalue weighted by Gasteiger charge is 2.17. The molecule has 0 aliphatic rings.